The molecule has 1 aromatic heterocycles. The van der Waals surface area contributed by atoms with E-state index in [-0.39, 0.29) is 6.10 Å². The van der Waals surface area contributed by atoms with Crippen LogP contribution in [0, 0.1) is 0 Å². The van der Waals surface area contributed by atoms with Gasteiger partial charge in [0.15, 0.2) is 0 Å². The van der Waals surface area contributed by atoms with E-state index < -0.39 is 0 Å². The number of rotatable bonds is 21. The Morgan fingerprint density at radius 2 is 1.28 bits per heavy atom. The summed E-state index contributed by atoms with van der Waals surface area (Å²) in [6, 6.07) is 0. The number of aryl methyl sites for hydroxylation is 1. The fraction of sp³-hybridized carbons (Fsp3) is 0.880. The first kappa shape index (κ1) is 26.6. The lowest BCUT2D eigenvalue weighted by atomic mass is 10.0. The second-order valence-corrected chi connectivity index (χ2v) is 9.96. The summed E-state index contributed by atoms with van der Waals surface area (Å²) in [7, 11) is 2.01. The first-order valence-corrected chi connectivity index (χ1v) is 13.6. The predicted molar refractivity (Wildman–Crippen MR) is 128 cm³/mol. The number of hydrogen-bond acceptors (Lipinski definition) is 2. The van der Waals surface area contributed by atoms with Crippen LogP contribution in [0.25, 0.3) is 0 Å². The van der Waals surface area contributed by atoms with Gasteiger partial charge in [0.1, 0.15) is 25.0 Å². The number of aliphatic hydroxyl groups is 1. The molecule has 1 heterocycles. The van der Waals surface area contributed by atoms with Crippen molar-refractivity contribution in [3.05, 3.63) is 18.7 Å². The number of hydrogen-bond donors (Lipinski definition) is 1. The summed E-state index contributed by atoms with van der Waals surface area (Å²) in [4.78, 5) is 0. The molecule has 0 aliphatic rings. The third kappa shape index (κ3) is 16.9. The van der Waals surface area contributed by atoms with E-state index in [1.807, 2.05) is 42.1 Å². The molecule has 3 nitrogen and oxygen atoms in total. The van der Waals surface area contributed by atoms with Gasteiger partial charge < -0.3 is 5.11 Å². The molecule has 0 saturated carbocycles. The highest BCUT2D eigenvalue weighted by molar-refractivity contribution is 7.99. The Balaban J connectivity index is 1.73. The van der Waals surface area contributed by atoms with Crippen molar-refractivity contribution < 1.29 is 9.67 Å². The molecule has 1 unspecified atom stereocenters. The van der Waals surface area contributed by atoms with Gasteiger partial charge in [-0.15, -0.1) is 0 Å². The topological polar surface area (TPSA) is 29.0 Å². The molecule has 0 spiro atoms. The van der Waals surface area contributed by atoms with Gasteiger partial charge in [-0.1, -0.05) is 103 Å². The van der Waals surface area contributed by atoms with E-state index in [1.54, 1.807) is 0 Å². The first-order chi connectivity index (χ1) is 14.2. The highest BCUT2D eigenvalue weighted by Crippen LogP contribution is 2.15. The molecule has 170 valence electrons. The van der Waals surface area contributed by atoms with Gasteiger partial charge in [0.05, 0.1) is 7.05 Å². The highest BCUT2D eigenvalue weighted by Gasteiger charge is 2.09. The summed E-state index contributed by atoms with van der Waals surface area (Å²) >= 11 is 1.90. The molecule has 0 bridgehead atoms. The molecule has 0 amide bonds. The van der Waals surface area contributed by atoms with E-state index >= 15 is 0 Å². The molecule has 1 atom stereocenters. The van der Waals surface area contributed by atoms with E-state index in [2.05, 4.69) is 11.5 Å². The van der Waals surface area contributed by atoms with Crippen LogP contribution >= 0.6 is 11.8 Å². The molecular weight excluding hydrogens is 376 g/mol. The summed E-state index contributed by atoms with van der Waals surface area (Å²) in [5, 5.41) is 10.1. The van der Waals surface area contributed by atoms with Crippen molar-refractivity contribution >= 4 is 11.8 Å². The SMILES string of the molecule is CCCCCCCCCCCCCCCCCCSCC(O)Cn1cc[n+](C)c1. The molecule has 0 aliphatic heterocycles. The molecule has 0 saturated heterocycles. The highest BCUT2D eigenvalue weighted by atomic mass is 32.2. The fourth-order valence-electron chi connectivity index (χ4n) is 3.88. The Labute approximate surface area is 185 Å². The average Bonchev–Trinajstić information content (AvgIpc) is 3.11. The lowest BCUT2D eigenvalue weighted by Gasteiger charge is -2.08. The van der Waals surface area contributed by atoms with Crippen LogP contribution in [0.2, 0.25) is 0 Å². The zero-order chi connectivity index (χ0) is 21.0. The maximum atomic E-state index is 10.1. The molecule has 0 radical (unpaired) electrons. The molecule has 4 heteroatoms. The second kappa shape index (κ2) is 19.5. The number of thioether (sulfide) groups is 1. The molecule has 0 fully saturated rings. The average molecular weight is 426 g/mol. The van der Waals surface area contributed by atoms with Crippen molar-refractivity contribution in [2.24, 2.45) is 7.05 Å². The molecule has 1 rings (SSSR count). The number of aliphatic hydroxyl groups excluding tert-OH is 1. The quantitative estimate of drug-likeness (QED) is 0.176. The Bertz CT molecular complexity index is 463. The van der Waals surface area contributed by atoms with Gasteiger partial charge in [0, 0.05) is 5.75 Å². The minimum Gasteiger partial charge on any atom is -0.388 e. The van der Waals surface area contributed by atoms with Crippen LogP contribution in [0.5, 0.6) is 0 Å². The van der Waals surface area contributed by atoms with E-state index in [0.717, 1.165) is 5.75 Å². The summed E-state index contributed by atoms with van der Waals surface area (Å²) in [6.45, 7) is 2.99. The normalized spacial score (nSPS) is 12.5. The van der Waals surface area contributed by atoms with Crippen molar-refractivity contribution in [2.75, 3.05) is 11.5 Å². The van der Waals surface area contributed by atoms with Gasteiger partial charge in [0.25, 0.3) is 0 Å². The van der Waals surface area contributed by atoms with Crippen LogP contribution in [0.15, 0.2) is 18.7 Å². The summed E-state index contributed by atoms with van der Waals surface area (Å²) in [5.41, 5.74) is 0. The van der Waals surface area contributed by atoms with Gasteiger partial charge in [-0.3, -0.25) is 0 Å². The molecule has 29 heavy (non-hydrogen) atoms. The zero-order valence-electron chi connectivity index (χ0n) is 19.5. The minimum absolute atomic E-state index is 0.242. The Morgan fingerprint density at radius 1 is 0.793 bits per heavy atom. The third-order valence-corrected chi connectivity index (χ3v) is 6.90. The number of imidazole rings is 1. The van der Waals surface area contributed by atoms with Crippen LogP contribution < -0.4 is 4.57 Å². The Hall–Kier alpha value is -0.480. The number of aromatic nitrogens is 2. The first-order valence-electron chi connectivity index (χ1n) is 12.5. The van der Waals surface area contributed by atoms with Crippen molar-refractivity contribution in [3.8, 4) is 0 Å². The van der Waals surface area contributed by atoms with Crippen molar-refractivity contribution in [3.63, 3.8) is 0 Å². The summed E-state index contributed by atoms with van der Waals surface area (Å²) < 4.78 is 4.07. The Kier molecular flexibility index (Phi) is 17.8. The van der Waals surface area contributed by atoms with Crippen molar-refractivity contribution in [1.29, 1.82) is 0 Å². The van der Waals surface area contributed by atoms with Gasteiger partial charge in [0.2, 0.25) is 6.33 Å². The van der Waals surface area contributed by atoms with Crippen LogP contribution in [0.1, 0.15) is 110 Å². The Morgan fingerprint density at radius 3 is 1.72 bits per heavy atom. The monoisotopic (exact) mass is 425 g/mol. The van der Waals surface area contributed by atoms with E-state index in [1.165, 1.54) is 108 Å². The lowest BCUT2D eigenvalue weighted by Crippen LogP contribution is -2.25. The van der Waals surface area contributed by atoms with E-state index in [0.29, 0.717) is 6.54 Å². The molecular formula is C25H49N2OS+. The largest absolute Gasteiger partial charge is 0.388 e. The molecule has 0 aliphatic carbocycles. The number of unbranched alkanes of at least 4 members (excludes halogenated alkanes) is 15. The maximum absolute atomic E-state index is 10.1. The van der Waals surface area contributed by atoms with Crippen LogP contribution in [-0.4, -0.2) is 27.3 Å². The molecule has 1 N–H and O–H groups in total. The summed E-state index contributed by atoms with van der Waals surface area (Å²) in [5.74, 6) is 2.04. The number of nitrogens with zero attached hydrogens (tertiary/aromatic N) is 2. The van der Waals surface area contributed by atoms with Gasteiger partial charge in [-0.2, -0.15) is 11.8 Å². The second-order valence-electron chi connectivity index (χ2n) is 8.81. The predicted octanol–water partition coefficient (Wildman–Crippen LogP) is 6.67. The van der Waals surface area contributed by atoms with Crippen LogP contribution in [0.3, 0.4) is 0 Å². The minimum atomic E-state index is -0.242. The van der Waals surface area contributed by atoms with Gasteiger partial charge in [-0.25, -0.2) is 9.13 Å². The fourth-order valence-corrected chi connectivity index (χ4v) is 4.83. The third-order valence-electron chi connectivity index (χ3n) is 5.70. The van der Waals surface area contributed by atoms with Gasteiger partial charge >= 0.3 is 0 Å². The summed E-state index contributed by atoms with van der Waals surface area (Å²) in [6.07, 6.45) is 28.6. The van der Waals surface area contributed by atoms with E-state index in [4.69, 9.17) is 0 Å². The van der Waals surface area contributed by atoms with Crippen molar-refractivity contribution in [2.45, 2.75) is 122 Å². The standard InChI is InChI=1S/C25H49N2OS/c1-3-4-5-6-7-8-9-10-11-12-13-14-15-16-17-18-21-29-23-25(28)22-27-20-19-26(2)24-27/h19-20,24-25,28H,3-18,21-23H2,1-2H3/q+1. The maximum Gasteiger partial charge on any atom is 0.243 e. The van der Waals surface area contributed by atoms with E-state index in [9.17, 15) is 5.11 Å². The van der Waals surface area contributed by atoms with Crippen LogP contribution in [0.4, 0.5) is 0 Å². The zero-order valence-corrected chi connectivity index (χ0v) is 20.3. The smallest absolute Gasteiger partial charge is 0.243 e. The lowest BCUT2D eigenvalue weighted by molar-refractivity contribution is -0.671. The molecule has 0 aromatic carbocycles. The van der Waals surface area contributed by atoms with Crippen LogP contribution in [-0.2, 0) is 13.6 Å². The van der Waals surface area contributed by atoms with Gasteiger partial charge in [-0.05, 0) is 12.2 Å². The van der Waals surface area contributed by atoms with Crippen molar-refractivity contribution in [1.82, 2.24) is 4.57 Å². The molecule has 1 aromatic rings.